The van der Waals surface area contributed by atoms with Crippen molar-refractivity contribution < 1.29 is 103 Å². The number of rotatable bonds is 62. The van der Waals surface area contributed by atoms with E-state index in [0.717, 1.165) is 221 Å². The highest BCUT2D eigenvalue weighted by molar-refractivity contribution is 7.90. The van der Waals surface area contributed by atoms with Gasteiger partial charge in [-0.25, -0.2) is 42.1 Å². The molecular formula is C104H156Cl3N5O22S5. The Morgan fingerprint density at radius 1 is 0.237 bits per heavy atom. The molecule has 0 heterocycles. The molecule has 0 fully saturated rings. The molecule has 0 amide bonds. The lowest BCUT2D eigenvalue weighted by molar-refractivity contribution is 0.147. The van der Waals surface area contributed by atoms with Gasteiger partial charge in [0.15, 0.2) is 63.2 Å². The van der Waals surface area contributed by atoms with Crippen molar-refractivity contribution in [2.24, 2.45) is 0 Å². The maximum absolute atomic E-state index is 13.2. The smallest absolute Gasteiger partial charge is 0.243 e. The molecule has 12 N–H and O–H groups in total. The second-order valence-electron chi connectivity index (χ2n) is 35.0. The third-order valence-corrected chi connectivity index (χ3v) is 33.6. The van der Waals surface area contributed by atoms with Crippen LogP contribution in [-0.4, -0.2) is 177 Å². The first-order valence-corrected chi connectivity index (χ1v) is 57.8. The number of benzene rings is 8. The predicted molar refractivity (Wildman–Crippen MR) is 556 cm³/mol. The fourth-order valence-corrected chi connectivity index (χ4v) is 23.4. The molecule has 0 bridgehead atoms. The van der Waals surface area contributed by atoms with Gasteiger partial charge in [-0.2, -0.15) is 21.5 Å². The number of sulfonamides is 5. The molecule has 0 radical (unpaired) electrons. The third-order valence-electron chi connectivity index (χ3n) is 23.5. The Bertz CT molecular complexity index is 5410. The number of phenols is 11. The Balaban J connectivity index is 0.000000363. The van der Waals surface area contributed by atoms with E-state index in [9.17, 15) is 103 Å². The van der Waals surface area contributed by atoms with Crippen LogP contribution in [0.3, 0.4) is 0 Å². The molecule has 1 unspecified atom stereocenters. The Kier molecular flexibility index (Phi) is 59.2. The summed E-state index contributed by atoms with van der Waals surface area (Å²) in [4.78, 5) is -0.210. The van der Waals surface area contributed by atoms with Crippen LogP contribution in [0.5, 0.6) is 63.2 Å². The molecule has 0 saturated heterocycles. The number of halogens is 3. The number of aliphatic hydroxyl groups is 1. The minimum absolute atomic E-state index is 0.00134. The maximum Gasteiger partial charge on any atom is 0.243 e. The molecule has 8 rings (SSSR count). The molecule has 139 heavy (non-hydrogen) atoms. The first kappa shape index (κ1) is 123. The summed E-state index contributed by atoms with van der Waals surface area (Å²) in [5.41, 5.74) is 1.97. The van der Waals surface area contributed by atoms with Crippen molar-refractivity contribution >= 4 is 84.9 Å². The number of aliphatic hydroxyl groups excluding tert-OH is 1. The van der Waals surface area contributed by atoms with Crippen molar-refractivity contribution in [3.8, 4) is 63.2 Å². The number of hydrogen-bond acceptors (Lipinski definition) is 22. The molecule has 1 atom stereocenters. The zero-order chi connectivity index (χ0) is 103. The number of hydrogen-bond donors (Lipinski definition) is 12. The minimum Gasteiger partial charge on any atom is -0.505 e. The molecule has 35 heteroatoms. The van der Waals surface area contributed by atoms with E-state index in [1.165, 1.54) is 136 Å². The number of nitrogens with zero attached hydrogens (tertiary/aromatic N) is 5. The van der Waals surface area contributed by atoms with E-state index in [0.29, 0.717) is 61.7 Å². The van der Waals surface area contributed by atoms with Crippen molar-refractivity contribution in [1.29, 1.82) is 0 Å². The molecule has 0 aliphatic rings. The van der Waals surface area contributed by atoms with Crippen molar-refractivity contribution in [2.45, 2.75) is 336 Å². The first-order chi connectivity index (χ1) is 66.2. The van der Waals surface area contributed by atoms with E-state index in [2.05, 4.69) is 48.5 Å². The molecular weight excluding hydrogens is 1940 g/mol. The van der Waals surface area contributed by atoms with E-state index in [4.69, 9.17) is 34.8 Å². The van der Waals surface area contributed by atoms with Crippen molar-refractivity contribution in [3.63, 3.8) is 0 Å². The molecule has 0 spiro atoms. The van der Waals surface area contributed by atoms with Crippen molar-refractivity contribution in [3.05, 3.63) is 189 Å². The van der Waals surface area contributed by atoms with Gasteiger partial charge in [0, 0.05) is 101 Å². The van der Waals surface area contributed by atoms with Gasteiger partial charge in [0.1, 0.15) is 0 Å². The van der Waals surface area contributed by atoms with E-state index >= 15 is 0 Å². The van der Waals surface area contributed by atoms with Crippen LogP contribution in [0.4, 0.5) is 0 Å². The largest absolute Gasteiger partial charge is 0.505 e. The standard InChI is InChI=1S/C22H31NO5S.C22H39NO4S.C21H27Cl2NO5S.C21H28ClNO4S.C18H31NO4S/c1-2-3-4-5-6-10-15-23(17-22(26)18-11-8-7-9-12-18)29(27,28)19-13-14-20(24)21(25)16-19;1-3-5-7-9-11-13-17-23(18-14-12-10-8-6-4-2)28(26,27)20-15-16-21(24)22(25)19-20;1-2-3-4-5-6-7-10-24(14-15-11-17(22)21(27)18(23)12-15)30(28,29)16-8-9-19(25)20(26)13-16;1-2-3-4-5-6-7-13-23(16-17-9-8-10-18(22)14-17)28(26,27)19-11-12-20(24)21(25)15-19;1-3-5-7-9-13-19(14-10-8-6-4-2)24(22,23)16-11-12-17(20)18(21)15-16/h7-9,11-14,16,22,24-26H,2-6,10,15,17H2,1H3;15-16,19,24-25H,3-14,17-18H2,1-2H3;8-9,11-13,25-27H,2-7,10,14H2,1H3;8-12,14-15,24-25H,2-7,13,16H2,1H3;11-12,15,20-21H,3-10,13-14H2,1-2H3. The van der Waals surface area contributed by atoms with Crippen molar-refractivity contribution in [2.75, 3.05) is 52.4 Å². The average molecular weight is 2100 g/mol. The van der Waals surface area contributed by atoms with Crippen LogP contribution in [0.1, 0.15) is 315 Å². The zero-order valence-electron chi connectivity index (χ0n) is 82.4. The molecule has 8 aromatic carbocycles. The van der Waals surface area contributed by atoms with Gasteiger partial charge in [0.2, 0.25) is 50.1 Å². The maximum atomic E-state index is 13.2. The summed E-state index contributed by atoms with van der Waals surface area (Å²) < 4.78 is 138. The monoisotopic (exact) mass is 2090 g/mol. The molecule has 0 aromatic heterocycles. The topological polar surface area (TPSA) is 430 Å². The summed E-state index contributed by atoms with van der Waals surface area (Å²) >= 11 is 18.0. The summed E-state index contributed by atoms with van der Waals surface area (Å²) in [6, 6.07) is 36.8. The fraction of sp³-hybridized carbons (Fsp3) is 0.538. The molecule has 0 aliphatic carbocycles. The lowest BCUT2D eigenvalue weighted by Crippen LogP contribution is -2.35. The van der Waals surface area contributed by atoms with Crippen LogP contribution in [0.2, 0.25) is 15.1 Å². The summed E-state index contributed by atoms with van der Waals surface area (Å²) in [5, 5.41) is 117. The Morgan fingerprint density at radius 3 is 0.734 bits per heavy atom. The highest BCUT2D eigenvalue weighted by Crippen LogP contribution is 2.38. The highest BCUT2D eigenvalue weighted by Gasteiger charge is 2.32. The van der Waals surface area contributed by atoms with E-state index in [1.54, 1.807) is 46.8 Å². The Labute approximate surface area is 844 Å². The number of aromatic hydroxyl groups is 11. The van der Waals surface area contributed by atoms with Crippen LogP contribution in [0.25, 0.3) is 0 Å². The second kappa shape index (κ2) is 66.7. The van der Waals surface area contributed by atoms with Crippen LogP contribution in [0.15, 0.2) is 182 Å². The van der Waals surface area contributed by atoms with Gasteiger partial charge in [-0.3, -0.25) is 0 Å². The minimum atomic E-state index is -3.96. The van der Waals surface area contributed by atoms with Gasteiger partial charge >= 0.3 is 0 Å². The normalized spacial score (nSPS) is 12.1. The van der Waals surface area contributed by atoms with Gasteiger partial charge < -0.3 is 61.3 Å². The summed E-state index contributed by atoms with van der Waals surface area (Å²) in [5.74, 6) is -4.27. The lowest BCUT2D eigenvalue weighted by Gasteiger charge is -2.25. The van der Waals surface area contributed by atoms with Gasteiger partial charge in [0.25, 0.3) is 0 Å². The van der Waals surface area contributed by atoms with Crippen LogP contribution in [0, 0.1) is 0 Å². The quantitative estimate of drug-likeness (QED) is 0.0124. The Hall–Kier alpha value is -8.06. The van der Waals surface area contributed by atoms with Gasteiger partial charge in [-0.05, 0) is 147 Å². The second-order valence-corrected chi connectivity index (χ2v) is 46.0. The van der Waals surface area contributed by atoms with Gasteiger partial charge in [-0.1, -0.05) is 325 Å². The SMILES string of the molecule is CCCCCCCCN(CC(O)c1ccccc1)S(=O)(=O)c1ccc(O)c(O)c1.CCCCCCCCN(CCCCCCCC)S(=O)(=O)c1ccc(O)c(O)c1.CCCCCCCCN(Cc1cc(Cl)c(O)c(Cl)c1)S(=O)(=O)c1ccc(O)c(O)c1.CCCCCCCCN(Cc1cccc(Cl)c1)S(=O)(=O)c1ccc(O)c(O)c1.CCCCCCN(CCCCCC)S(=O)(=O)c1ccc(O)c(O)c1. The summed E-state index contributed by atoms with van der Waals surface area (Å²) in [7, 11) is -19.1. The fourth-order valence-electron chi connectivity index (χ4n) is 15.1. The van der Waals surface area contributed by atoms with Crippen molar-refractivity contribution in [1.82, 2.24) is 21.5 Å². The summed E-state index contributed by atoms with van der Waals surface area (Å²) in [6.07, 6.45) is 38.8. The van der Waals surface area contributed by atoms with E-state index in [-0.39, 0.29) is 96.0 Å². The van der Waals surface area contributed by atoms with Crippen LogP contribution in [-0.2, 0) is 63.2 Å². The molecule has 8 aromatic rings. The third kappa shape index (κ3) is 44.4. The predicted octanol–water partition coefficient (Wildman–Crippen LogP) is 25.2. The van der Waals surface area contributed by atoms with E-state index < -0.39 is 90.7 Å². The van der Waals surface area contributed by atoms with Gasteiger partial charge in [-0.15, -0.1) is 0 Å². The van der Waals surface area contributed by atoms with Crippen LogP contribution < -0.4 is 0 Å². The molecule has 0 saturated carbocycles. The first-order valence-electron chi connectivity index (χ1n) is 49.5. The highest BCUT2D eigenvalue weighted by atomic mass is 35.5. The van der Waals surface area contributed by atoms with E-state index in [1.807, 2.05) is 12.1 Å². The zero-order valence-corrected chi connectivity index (χ0v) is 88.7. The lowest BCUT2D eigenvalue weighted by atomic mass is 10.1. The number of unbranched alkanes of at least 4 members (excludes halogenated alkanes) is 31. The summed E-state index contributed by atoms with van der Waals surface area (Å²) in [6.45, 7) is 18.1. The van der Waals surface area contributed by atoms with Crippen LogP contribution >= 0.6 is 34.8 Å². The Morgan fingerprint density at radius 2 is 0.468 bits per heavy atom. The van der Waals surface area contributed by atoms with Gasteiger partial charge in [0.05, 0.1) is 40.6 Å². The molecule has 0 aliphatic heterocycles. The molecule has 780 valence electrons. The molecule has 27 nitrogen and oxygen atoms in total. The average Bonchev–Trinajstić information content (AvgIpc) is 0.962. The number of phenolic OH excluding ortho intramolecular Hbond substituents is 11.